The summed E-state index contributed by atoms with van der Waals surface area (Å²) in [5.41, 5.74) is 0.825. The number of ether oxygens (including phenoxy) is 1. The van der Waals surface area contributed by atoms with Crippen LogP contribution in [0.3, 0.4) is 0 Å². The lowest BCUT2D eigenvalue weighted by atomic mass is 9.85. The van der Waals surface area contributed by atoms with E-state index < -0.39 is 0 Å². The first-order valence-corrected chi connectivity index (χ1v) is 8.53. The molecule has 0 radical (unpaired) electrons. The first-order chi connectivity index (χ1) is 10.3. The topological polar surface area (TPSA) is 24.5 Å². The zero-order chi connectivity index (χ0) is 14.7. The highest BCUT2D eigenvalue weighted by Crippen LogP contribution is 2.39. The highest BCUT2D eigenvalue weighted by molar-refractivity contribution is 9.10. The minimum Gasteiger partial charge on any atom is -0.381 e. The SMILES string of the molecule is Cl.Cl.Fc1cccc(Br)c1[C@H](C1CCOCC1)N1CCNCC1. The second-order valence-electron chi connectivity index (χ2n) is 5.82. The molecule has 1 N–H and O–H groups in total. The average molecular weight is 430 g/mol. The van der Waals surface area contributed by atoms with Gasteiger partial charge in [-0.2, -0.15) is 0 Å². The van der Waals surface area contributed by atoms with Crippen LogP contribution in [-0.2, 0) is 4.74 Å². The number of rotatable bonds is 3. The van der Waals surface area contributed by atoms with Gasteiger partial charge in [-0.25, -0.2) is 4.39 Å². The molecule has 2 fully saturated rings. The summed E-state index contributed by atoms with van der Waals surface area (Å²) in [5, 5.41) is 3.38. The number of nitrogens with one attached hydrogen (secondary N) is 1. The Hall–Kier alpha value is 0.0900. The van der Waals surface area contributed by atoms with Gasteiger partial charge in [-0.1, -0.05) is 22.0 Å². The van der Waals surface area contributed by atoms with Crippen molar-refractivity contribution in [3.8, 4) is 0 Å². The van der Waals surface area contributed by atoms with E-state index >= 15 is 0 Å². The van der Waals surface area contributed by atoms with Crippen LogP contribution in [0.2, 0.25) is 0 Å². The molecule has 0 unspecified atom stereocenters. The van der Waals surface area contributed by atoms with Crippen LogP contribution in [0, 0.1) is 11.7 Å². The van der Waals surface area contributed by atoms with E-state index in [0.29, 0.717) is 5.92 Å². The molecule has 3 rings (SSSR count). The molecule has 0 aliphatic carbocycles. The van der Waals surface area contributed by atoms with Crippen LogP contribution in [0.4, 0.5) is 4.39 Å². The quantitative estimate of drug-likeness (QED) is 0.790. The maximum atomic E-state index is 14.5. The predicted molar refractivity (Wildman–Crippen MR) is 99.3 cm³/mol. The Morgan fingerprint density at radius 3 is 2.43 bits per heavy atom. The summed E-state index contributed by atoms with van der Waals surface area (Å²) < 4.78 is 20.9. The summed E-state index contributed by atoms with van der Waals surface area (Å²) in [6.45, 7) is 5.49. The Kier molecular flexibility index (Phi) is 9.34. The number of benzene rings is 1. The zero-order valence-corrected chi connectivity index (χ0v) is 16.2. The first-order valence-electron chi connectivity index (χ1n) is 7.74. The molecule has 1 aromatic carbocycles. The van der Waals surface area contributed by atoms with Crippen molar-refractivity contribution in [3.63, 3.8) is 0 Å². The summed E-state index contributed by atoms with van der Waals surface area (Å²) in [5.74, 6) is 0.365. The fraction of sp³-hybridized carbons (Fsp3) is 0.625. The van der Waals surface area contributed by atoms with E-state index in [0.717, 1.165) is 62.3 Å². The van der Waals surface area contributed by atoms with E-state index in [9.17, 15) is 4.39 Å². The molecule has 23 heavy (non-hydrogen) atoms. The van der Waals surface area contributed by atoms with E-state index in [1.165, 1.54) is 0 Å². The third-order valence-corrected chi connectivity index (χ3v) is 5.24. The molecule has 0 bridgehead atoms. The van der Waals surface area contributed by atoms with Gasteiger partial charge in [0, 0.05) is 55.5 Å². The minimum absolute atomic E-state index is 0. The van der Waals surface area contributed by atoms with Crippen molar-refractivity contribution in [1.29, 1.82) is 0 Å². The number of piperazine rings is 1. The van der Waals surface area contributed by atoms with Crippen molar-refractivity contribution in [2.75, 3.05) is 39.4 Å². The van der Waals surface area contributed by atoms with Crippen LogP contribution >= 0.6 is 40.7 Å². The van der Waals surface area contributed by atoms with E-state index in [1.54, 1.807) is 12.1 Å². The van der Waals surface area contributed by atoms with Crippen LogP contribution in [0.1, 0.15) is 24.4 Å². The molecule has 0 saturated carbocycles. The molecular weight excluding hydrogens is 406 g/mol. The molecule has 0 amide bonds. The molecule has 3 nitrogen and oxygen atoms in total. The van der Waals surface area contributed by atoms with Crippen molar-refractivity contribution in [2.45, 2.75) is 18.9 Å². The molecule has 2 aliphatic heterocycles. The van der Waals surface area contributed by atoms with Gasteiger partial charge in [-0.05, 0) is 30.9 Å². The average Bonchev–Trinajstić information content (AvgIpc) is 2.53. The van der Waals surface area contributed by atoms with E-state index in [4.69, 9.17) is 4.74 Å². The second-order valence-corrected chi connectivity index (χ2v) is 6.67. The summed E-state index contributed by atoms with van der Waals surface area (Å²) in [7, 11) is 0. The molecule has 0 aromatic heterocycles. The summed E-state index contributed by atoms with van der Waals surface area (Å²) >= 11 is 3.57. The Morgan fingerprint density at radius 1 is 1.17 bits per heavy atom. The van der Waals surface area contributed by atoms with Crippen LogP contribution in [0.25, 0.3) is 0 Å². The fourth-order valence-electron chi connectivity index (χ4n) is 3.50. The van der Waals surface area contributed by atoms with Crippen LogP contribution in [0.15, 0.2) is 22.7 Å². The lowest BCUT2D eigenvalue weighted by Crippen LogP contribution is -2.47. The van der Waals surface area contributed by atoms with E-state index in [2.05, 4.69) is 26.1 Å². The van der Waals surface area contributed by atoms with Crippen molar-refractivity contribution < 1.29 is 9.13 Å². The van der Waals surface area contributed by atoms with Crippen molar-refractivity contribution >= 4 is 40.7 Å². The second kappa shape index (κ2) is 10.2. The minimum atomic E-state index is -0.0978. The number of hydrogen-bond donors (Lipinski definition) is 1. The summed E-state index contributed by atoms with van der Waals surface area (Å²) in [4.78, 5) is 2.44. The van der Waals surface area contributed by atoms with Gasteiger partial charge < -0.3 is 10.1 Å². The van der Waals surface area contributed by atoms with Gasteiger partial charge in [-0.15, -0.1) is 24.8 Å². The van der Waals surface area contributed by atoms with Gasteiger partial charge in [0.05, 0.1) is 0 Å². The highest BCUT2D eigenvalue weighted by atomic mass is 79.9. The number of halogens is 4. The van der Waals surface area contributed by atoms with Crippen molar-refractivity contribution in [2.24, 2.45) is 5.92 Å². The van der Waals surface area contributed by atoms with Gasteiger partial charge in [0.1, 0.15) is 5.82 Å². The molecule has 2 heterocycles. The largest absolute Gasteiger partial charge is 0.381 e. The Morgan fingerprint density at radius 2 is 1.83 bits per heavy atom. The standard InChI is InChI=1S/C16H22BrFN2O.2ClH/c17-13-2-1-3-14(18)15(13)16(12-4-10-21-11-5-12)20-8-6-19-7-9-20;;/h1-3,12,16,19H,4-11H2;2*1H/t16-;;/m0../s1. The van der Waals surface area contributed by atoms with Crippen LogP contribution in [0.5, 0.6) is 0 Å². The fourth-order valence-corrected chi connectivity index (χ4v) is 4.08. The molecule has 1 aromatic rings. The predicted octanol–water partition coefficient (Wildman–Crippen LogP) is 3.80. The molecule has 1 atom stereocenters. The van der Waals surface area contributed by atoms with Gasteiger partial charge >= 0.3 is 0 Å². The maximum Gasteiger partial charge on any atom is 0.129 e. The van der Waals surface area contributed by atoms with Gasteiger partial charge in [0.25, 0.3) is 0 Å². The maximum absolute atomic E-state index is 14.5. The molecular formula is C16H24BrCl2FN2O. The molecule has 2 saturated heterocycles. The lowest BCUT2D eigenvalue weighted by molar-refractivity contribution is 0.0200. The van der Waals surface area contributed by atoms with Crippen LogP contribution < -0.4 is 5.32 Å². The van der Waals surface area contributed by atoms with Crippen molar-refractivity contribution in [3.05, 3.63) is 34.1 Å². The summed E-state index contributed by atoms with van der Waals surface area (Å²) in [6.07, 6.45) is 2.02. The van der Waals surface area contributed by atoms with E-state index in [1.807, 2.05) is 6.07 Å². The van der Waals surface area contributed by atoms with Crippen LogP contribution in [-0.4, -0.2) is 44.3 Å². The Balaban J connectivity index is 0.00000132. The highest BCUT2D eigenvalue weighted by Gasteiger charge is 2.34. The third kappa shape index (κ3) is 5.03. The molecule has 2 aliphatic rings. The molecule has 7 heteroatoms. The van der Waals surface area contributed by atoms with Gasteiger partial charge in [-0.3, -0.25) is 4.90 Å². The Labute approximate surface area is 158 Å². The summed E-state index contributed by atoms with van der Waals surface area (Å²) in [6, 6.07) is 5.44. The normalized spacial score (nSPS) is 21.1. The first kappa shape index (κ1) is 21.1. The third-order valence-electron chi connectivity index (χ3n) is 4.55. The van der Waals surface area contributed by atoms with Gasteiger partial charge in [0.2, 0.25) is 0 Å². The van der Waals surface area contributed by atoms with Crippen molar-refractivity contribution in [1.82, 2.24) is 10.2 Å². The van der Waals surface area contributed by atoms with E-state index in [-0.39, 0.29) is 36.7 Å². The van der Waals surface area contributed by atoms with Gasteiger partial charge in [0.15, 0.2) is 0 Å². The molecule has 0 spiro atoms. The Bertz CT molecular complexity index is 445. The monoisotopic (exact) mass is 428 g/mol. The molecule has 132 valence electrons. The number of nitrogens with zero attached hydrogens (tertiary/aromatic N) is 1. The zero-order valence-electron chi connectivity index (χ0n) is 13.0. The number of hydrogen-bond acceptors (Lipinski definition) is 3. The smallest absolute Gasteiger partial charge is 0.129 e. The lowest BCUT2D eigenvalue weighted by Gasteiger charge is -2.41.